The lowest BCUT2D eigenvalue weighted by atomic mass is 10.1. The SMILES string of the molecule is CC.CCC(=O)NCCOC1CCN(C)CC1. The van der Waals surface area contributed by atoms with Gasteiger partial charge in [-0.1, -0.05) is 20.8 Å². The number of rotatable bonds is 5. The average Bonchev–Trinajstić information content (AvgIpc) is 2.39. The van der Waals surface area contributed by atoms with Crippen LogP contribution in [0.15, 0.2) is 0 Å². The number of hydrogen-bond acceptors (Lipinski definition) is 3. The van der Waals surface area contributed by atoms with Gasteiger partial charge in [0.1, 0.15) is 0 Å². The van der Waals surface area contributed by atoms with Gasteiger partial charge < -0.3 is 15.0 Å². The third kappa shape index (κ3) is 8.16. The Balaban J connectivity index is 0.00000121. The summed E-state index contributed by atoms with van der Waals surface area (Å²) in [4.78, 5) is 13.3. The summed E-state index contributed by atoms with van der Waals surface area (Å²) >= 11 is 0. The second-order valence-electron chi connectivity index (χ2n) is 4.08. The number of piperidine rings is 1. The van der Waals surface area contributed by atoms with Crippen LogP contribution in [0.1, 0.15) is 40.0 Å². The molecule has 1 aliphatic heterocycles. The molecule has 1 N–H and O–H groups in total. The van der Waals surface area contributed by atoms with Gasteiger partial charge in [0.15, 0.2) is 0 Å². The van der Waals surface area contributed by atoms with Gasteiger partial charge in [0, 0.05) is 26.1 Å². The predicted octanol–water partition coefficient (Wildman–Crippen LogP) is 1.65. The van der Waals surface area contributed by atoms with E-state index in [1.807, 2.05) is 20.8 Å². The Morgan fingerprint density at radius 1 is 1.35 bits per heavy atom. The Morgan fingerprint density at radius 3 is 2.47 bits per heavy atom. The fraction of sp³-hybridized carbons (Fsp3) is 0.923. The van der Waals surface area contributed by atoms with Crippen molar-refractivity contribution in [3.63, 3.8) is 0 Å². The number of hydrogen-bond donors (Lipinski definition) is 1. The maximum atomic E-state index is 10.9. The quantitative estimate of drug-likeness (QED) is 0.748. The first-order valence-corrected chi connectivity index (χ1v) is 6.79. The topological polar surface area (TPSA) is 41.6 Å². The second kappa shape index (κ2) is 10.5. The minimum atomic E-state index is 0.0991. The van der Waals surface area contributed by atoms with Gasteiger partial charge in [-0.05, 0) is 19.9 Å². The number of likely N-dealkylation sites (tertiary alicyclic amines) is 1. The van der Waals surface area contributed by atoms with Crippen LogP contribution in [0.25, 0.3) is 0 Å². The second-order valence-corrected chi connectivity index (χ2v) is 4.08. The van der Waals surface area contributed by atoms with Crippen molar-refractivity contribution in [1.29, 1.82) is 0 Å². The molecule has 102 valence electrons. The van der Waals surface area contributed by atoms with Gasteiger partial charge >= 0.3 is 0 Å². The number of amides is 1. The predicted molar refractivity (Wildman–Crippen MR) is 71.1 cm³/mol. The largest absolute Gasteiger partial charge is 0.376 e. The van der Waals surface area contributed by atoms with Crippen molar-refractivity contribution >= 4 is 5.91 Å². The molecule has 0 radical (unpaired) electrons. The third-order valence-electron chi connectivity index (χ3n) is 2.76. The minimum Gasteiger partial charge on any atom is -0.376 e. The van der Waals surface area contributed by atoms with Crippen molar-refractivity contribution in [3.8, 4) is 0 Å². The fourth-order valence-electron chi connectivity index (χ4n) is 1.69. The van der Waals surface area contributed by atoms with E-state index in [9.17, 15) is 4.79 Å². The maximum absolute atomic E-state index is 10.9. The summed E-state index contributed by atoms with van der Waals surface area (Å²) < 4.78 is 5.68. The Labute approximate surface area is 106 Å². The van der Waals surface area contributed by atoms with Crippen molar-refractivity contribution in [3.05, 3.63) is 0 Å². The van der Waals surface area contributed by atoms with Gasteiger partial charge in [0.25, 0.3) is 0 Å². The molecule has 0 atom stereocenters. The Morgan fingerprint density at radius 2 is 1.94 bits per heavy atom. The Bertz CT molecular complexity index is 190. The molecule has 4 nitrogen and oxygen atoms in total. The lowest BCUT2D eigenvalue weighted by molar-refractivity contribution is -0.121. The van der Waals surface area contributed by atoms with Gasteiger partial charge in [-0.3, -0.25) is 4.79 Å². The lowest BCUT2D eigenvalue weighted by Gasteiger charge is -2.28. The number of nitrogens with zero attached hydrogens (tertiary/aromatic N) is 1. The smallest absolute Gasteiger partial charge is 0.219 e. The fourth-order valence-corrected chi connectivity index (χ4v) is 1.69. The normalized spacial score (nSPS) is 17.2. The van der Waals surface area contributed by atoms with Crippen LogP contribution in [0.4, 0.5) is 0 Å². The van der Waals surface area contributed by atoms with Crippen LogP contribution >= 0.6 is 0 Å². The van der Waals surface area contributed by atoms with Crippen molar-refractivity contribution in [2.45, 2.75) is 46.1 Å². The van der Waals surface area contributed by atoms with E-state index in [0.717, 1.165) is 25.9 Å². The van der Waals surface area contributed by atoms with E-state index in [1.54, 1.807) is 0 Å². The molecule has 1 rings (SSSR count). The molecular weight excluding hydrogens is 216 g/mol. The molecular formula is C13H28N2O2. The molecule has 0 unspecified atom stereocenters. The van der Waals surface area contributed by atoms with E-state index < -0.39 is 0 Å². The average molecular weight is 244 g/mol. The van der Waals surface area contributed by atoms with E-state index in [1.165, 1.54) is 0 Å². The van der Waals surface area contributed by atoms with Crippen molar-refractivity contribution < 1.29 is 9.53 Å². The van der Waals surface area contributed by atoms with Gasteiger partial charge in [-0.15, -0.1) is 0 Å². The van der Waals surface area contributed by atoms with Gasteiger partial charge in [-0.25, -0.2) is 0 Å². The van der Waals surface area contributed by atoms with Crippen molar-refractivity contribution in [2.24, 2.45) is 0 Å². The van der Waals surface area contributed by atoms with E-state index in [2.05, 4.69) is 17.3 Å². The highest BCUT2D eigenvalue weighted by molar-refractivity contribution is 5.75. The number of carbonyl (C=O) groups is 1. The van der Waals surface area contributed by atoms with Crippen LogP contribution < -0.4 is 5.32 Å². The van der Waals surface area contributed by atoms with Crippen LogP contribution in [-0.2, 0) is 9.53 Å². The summed E-state index contributed by atoms with van der Waals surface area (Å²) in [5.74, 6) is 0.0991. The zero-order valence-corrected chi connectivity index (χ0v) is 11.8. The molecule has 0 saturated carbocycles. The Kier molecular flexibility index (Phi) is 10.2. The first-order chi connectivity index (χ1) is 8.22. The summed E-state index contributed by atoms with van der Waals surface area (Å²) in [6.07, 6.45) is 3.16. The summed E-state index contributed by atoms with van der Waals surface area (Å²) in [6, 6.07) is 0. The zero-order chi connectivity index (χ0) is 13.1. The zero-order valence-electron chi connectivity index (χ0n) is 11.8. The number of nitrogens with one attached hydrogen (secondary N) is 1. The molecule has 0 bridgehead atoms. The molecule has 1 aliphatic rings. The lowest BCUT2D eigenvalue weighted by Crippen LogP contribution is -2.35. The molecule has 0 aromatic rings. The van der Waals surface area contributed by atoms with Crippen LogP contribution in [0, 0.1) is 0 Å². The van der Waals surface area contributed by atoms with E-state index in [-0.39, 0.29) is 5.91 Å². The van der Waals surface area contributed by atoms with Gasteiger partial charge in [-0.2, -0.15) is 0 Å². The number of carbonyl (C=O) groups excluding carboxylic acids is 1. The molecule has 0 aliphatic carbocycles. The summed E-state index contributed by atoms with van der Waals surface area (Å²) in [5, 5.41) is 2.81. The molecule has 17 heavy (non-hydrogen) atoms. The Hall–Kier alpha value is -0.610. The highest BCUT2D eigenvalue weighted by Gasteiger charge is 2.16. The van der Waals surface area contributed by atoms with Crippen LogP contribution in [0.5, 0.6) is 0 Å². The summed E-state index contributed by atoms with van der Waals surface area (Å²) in [5.41, 5.74) is 0. The van der Waals surface area contributed by atoms with Crippen molar-refractivity contribution in [2.75, 3.05) is 33.3 Å². The molecule has 1 heterocycles. The van der Waals surface area contributed by atoms with E-state index in [0.29, 0.717) is 25.7 Å². The summed E-state index contributed by atoms with van der Waals surface area (Å²) in [7, 11) is 2.14. The maximum Gasteiger partial charge on any atom is 0.219 e. The number of ether oxygens (including phenoxy) is 1. The first-order valence-electron chi connectivity index (χ1n) is 6.79. The van der Waals surface area contributed by atoms with Crippen LogP contribution in [0.2, 0.25) is 0 Å². The minimum absolute atomic E-state index is 0.0991. The summed E-state index contributed by atoms with van der Waals surface area (Å²) in [6.45, 7) is 9.37. The molecule has 0 spiro atoms. The standard InChI is InChI=1S/C11H22N2O2.C2H6/c1-3-11(14)12-6-9-15-10-4-7-13(2)8-5-10;1-2/h10H,3-9H2,1-2H3,(H,12,14);1-2H3. The molecule has 1 fully saturated rings. The van der Waals surface area contributed by atoms with Crippen LogP contribution in [0.3, 0.4) is 0 Å². The molecule has 0 aromatic heterocycles. The highest BCUT2D eigenvalue weighted by atomic mass is 16.5. The highest BCUT2D eigenvalue weighted by Crippen LogP contribution is 2.11. The van der Waals surface area contributed by atoms with Gasteiger partial charge in [0.05, 0.1) is 12.7 Å². The van der Waals surface area contributed by atoms with Crippen molar-refractivity contribution in [1.82, 2.24) is 10.2 Å². The van der Waals surface area contributed by atoms with E-state index in [4.69, 9.17) is 4.74 Å². The molecule has 0 aromatic carbocycles. The molecule has 1 saturated heterocycles. The first kappa shape index (κ1) is 16.4. The van der Waals surface area contributed by atoms with Gasteiger partial charge in [0.2, 0.25) is 5.91 Å². The molecule has 1 amide bonds. The monoisotopic (exact) mass is 244 g/mol. The molecule has 4 heteroatoms. The third-order valence-corrected chi connectivity index (χ3v) is 2.76. The van der Waals surface area contributed by atoms with Crippen LogP contribution in [-0.4, -0.2) is 50.2 Å². The van der Waals surface area contributed by atoms with E-state index >= 15 is 0 Å².